The van der Waals surface area contributed by atoms with Crippen molar-refractivity contribution in [3.63, 3.8) is 0 Å². The van der Waals surface area contributed by atoms with E-state index in [1.165, 1.54) is 6.42 Å². The van der Waals surface area contributed by atoms with Crippen LogP contribution in [-0.2, 0) is 6.42 Å². The van der Waals surface area contributed by atoms with Crippen molar-refractivity contribution in [3.8, 4) is 11.5 Å². The van der Waals surface area contributed by atoms with Crippen molar-refractivity contribution < 1.29 is 19.0 Å². The normalized spacial score (nSPS) is 15.4. The smallest absolute Gasteiger partial charge is 0.312 e. The van der Waals surface area contributed by atoms with Gasteiger partial charge in [-0.15, -0.1) is 0 Å². The van der Waals surface area contributed by atoms with E-state index in [1.807, 2.05) is 18.2 Å². The average molecular weight is 337 g/mol. The van der Waals surface area contributed by atoms with E-state index in [0.717, 1.165) is 49.4 Å². The summed E-state index contributed by atoms with van der Waals surface area (Å²) in [4.78, 5) is 11.3. The van der Waals surface area contributed by atoms with Crippen molar-refractivity contribution >= 4 is 6.03 Å². The predicted molar refractivity (Wildman–Crippen MR) is 93.7 cm³/mol. The summed E-state index contributed by atoms with van der Waals surface area (Å²) in [6.07, 6.45) is 5.13. The molecule has 1 atom stereocenters. The van der Waals surface area contributed by atoms with Crippen LogP contribution in [0.25, 0.3) is 0 Å². The van der Waals surface area contributed by atoms with E-state index >= 15 is 0 Å². The highest BCUT2D eigenvalue weighted by molar-refractivity contribution is 5.72. The lowest BCUT2D eigenvalue weighted by Gasteiger charge is -2.34. The number of benzene rings is 1. The van der Waals surface area contributed by atoms with E-state index in [2.05, 4.69) is 10.1 Å². The van der Waals surface area contributed by atoms with Gasteiger partial charge < -0.3 is 25.3 Å². The van der Waals surface area contributed by atoms with Crippen LogP contribution in [0.3, 0.4) is 0 Å². The van der Waals surface area contributed by atoms with Crippen LogP contribution < -0.4 is 20.5 Å². The number of ether oxygens (including phenoxy) is 3. The summed E-state index contributed by atoms with van der Waals surface area (Å²) in [6, 6.07) is 5.55. The highest BCUT2D eigenvalue weighted by Crippen LogP contribution is 2.33. The monoisotopic (exact) mass is 337 g/mol. The lowest BCUT2D eigenvalue weighted by atomic mass is 9.77. The minimum Gasteiger partial charge on any atom is -0.493 e. The van der Waals surface area contributed by atoms with Gasteiger partial charge >= 0.3 is 6.03 Å². The minimum atomic E-state index is -0.458. The van der Waals surface area contributed by atoms with Gasteiger partial charge in [0.2, 0.25) is 0 Å². The molecule has 1 saturated carbocycles. The first-order valence-corrected chi connectivity index (χ1v) is 8.55. The molecular weight excluding hydrogens is 308 g/mol. The Kier molecular flexibility index (Phi) is 7.18. The zero-order valence-electron chi connectivity index (χ0n) is 14.6. The molecule has 1 fully saturated rings. The van der Waals surface area contributed by atoms with Gasteiger partial charge in [0.25, 0.3) is 0 Å². The number of hydrogen-bond donors (Lipinski definition) is 2. The average Bonchev–Trinajstić information content (AvgIpc) is 2.49. The van der Waals surface area contributed by atoms with E-state index in [-0.39, 0.29) is 6.04 Å². The maximum Gasteiger partial charge on any atom is 0.312 e. The minimum absolute atomic E-state index is 0.0800. The van der Waals surface area contributed by atoms with Crippen molar-refractivity contribution in [2.75, 3.05) is 27.4 Å². The topological polar surface area (TPSA) is 86.4 Å². The summed E-state index contributed by atoms with van der Waals surface area (Å²) in [5.74, 6) is 1.96. The lowest BCUT2D eigenvalue weighted by molar-refractivity contribution is 0.00789. The fraction of sp³-hybridized carbons (Fsp3) is 0.611. The number of nitrogens with two attached hydrogens (primary N) is 1. The molecule has 134 valence electrons. The Balaban J connectivity index is 2.03. The fourth-order valence-electron chi connectivity index (χ4n) is 2.98. The van der Waals surface area contributed by atoms with Crippen molar-refractivity contribution in [1.29, 1.82) is 0 Å². The van der Waals surface area contributed by atoms with Crippen LogP contribution in [0.2, 0.25) is 0 Å². The van der Waals surface area contributed by atoms with Gasteiger partial charge in [0, 0.05) is 6.04 Å². The maximum atomic E-state index is 11.3. The number of carbonyl (C=O) groups excluding carboxylic acids is 1. The molecule has 0 radical (unpaired) electrons. The van der Waals surface area contributed by atoms with Gasteiger partial charge in [0.05, 0.1) is 20.1 Å². The summed E-state index contributed by atoms with van der Waals surface area (Å²) >= 11 is 0. The molecule has 1 aromatic rings. The first kappa shape index (κ1) is 18.4. The van der Waals surface area contributed by atoms with Gasteiger partial charge in [0.15, 0.2) is 11.5 Å². The maximum absolute atomic E-state index is 11.3. The Hall–Kier alpha value is -1.95. The third kappa shape index (κ3) is 5.30. The SMILES string of the molecule is COc1ccc(CC(NC(N)=O)C2CCC2)cc1OCCC[OH+]C. The Bertz CT molecular complexity index is 532. The summed E-state index contributed by atoms with van der Waals surface area (Å²) in [7, 11) is 3.43. The van der Waals surface area contributed by atoms with Crippen LogP contribution in [0.15, 0.2) is 18.2 Å². The number of methoxy groups -OCH3 is 1. The van der Waals surface area contributed by atoms with Crippen molar-refractivity contribution in [3.05, 3.63) is 23.8 Å². The molecule has 4 N–H and O–H groups in total. The molecule has 1 aromatic carbocycles. The van der Waals surface area contributed by atoms with E-state index in [4.69, 9.17) is 15.2 Å². The van der Waals surface area contributed by atoms with Crippen LogP contribution in [0, 0.1) is 5.92 Å². The van der Waals surface area contributed by atoms with Gasteiger partial charge in [-0.05, 0) is 42.9 Å². The first-order valence-electron chi connectivity index (χ1n) is 8.55. The highest BCUT2D eigenvalue weighted by Gasteiger charge is 2.28. The third-order valence-corrected chi connectivity index (χ3v) is 4.51. The van der Waals surface area contributed by atoms with Gasteiger partial charge in [-0.3, -0.25) is 0 Å². The van der Waals surface area contributed by atoms with Crippen LogP contribution in [0.1, 0.15) is 31.2 Å². The summed E-state index contributed by atoms with van der Waals surface area (Å²) in [6.45, 7) is 1.39. The van der Waals surface area contributed by atoms with E-state index in [9.17, 15) is 4.79 Å². The quantitative estimate of drug-likeness (QED) is 0.506. The Morgan fingerprint density at radius 1 is 1.42 bits per heavy atom. The number of amides is 2. The van der Waals surface area contributed by atoms with Crippen LogP contribution >= 0.6 is 0 Å². The van der Waals surface area contributed by atoms with Crippen molar-refractivity contribution in [2.45, 2.75) is 38.1 Å². The molecule has 1 aliphatic rings. The predicted octanol–water partition coefficient (Wildman–Crippen LogP) is 2.00. The number of aliphatic hydroxyl groups is 2. The number of carbonyl (C=O) groups is 1. The van der Waals surface area contributed by atoms with Gasteiger partial charge in [-0.25, -0.2) is 4.79 Å². The van der Waals surface area contributed by atoms with E-state index in [0.29, 0.717) is 12.5 Å². The molecule has 0 saturated heterocycles. The third-order valence-electron chi connectivity index (χ3n) is 4.51. The Morgan fingerprint density at radius 3 is 2.79 bits per heavy atom. The number of hydrogen-bond acceptors (Lipinski definition) is 3. The Morgan fingerprint density at radius 2 is 2.21 bits per heavy atom. The van der Waals surface area contributed by atoms with Crippen molar-refractivity contribution in [1.82, 2.24) is 5.32 Å². The number of rotatable bonds is 10. The molecule has 0 aromatic heterocycles. The molecule has 0 heterocycles. The zero-order chi connectivity index (χ0) is 17.4. The van der Waals surface area contributed by atoms with Gasteiger partial charge in [-0.1, -0.05) is 12.5 Å². The molecule has 6 heteroatoms. The Labute approximate surface area is 143 Å². The van der Waals surface area contributed by atoms with Crippen LogP contribution in [0.5, 0.6) is 11.5 Å². The number of urea groups is 1. The molecule has 1 unspecified atom stereocenters. The largest absolute Gasteiger partial charge is 0.493 e. The molecule has 6 nitrogen and oxygen atoms in total. The molecule has 0 aliphatic heterocycles. The fourth-order valence-corrected chi connectivity index (χ4v) is 2.98. The lowest BCUT2D eigenvalue weighted by Crippen LogP contribution is -2.46. The van der Waals surface area contributed by atoms with Gasteiger partial charge in [-0.2, -0.15) is 0 Å². The number of primary amides is 1. The standard InChI is InChI=1S/C18H28N2O4/c1-22-9-4-10-24-17-12-13(7-8-16(17)23-2)11-15(20-18(19)21)14-5-3-6-14/h7-8,12,14-15H,3-6,9-11H2,1-2H3,(H3,19,20,21)/p+1. The molecule has 24 heavy (non-hydrogen) atoms. The second-order valence-corrected chi connectivity index (χ2v) is 6.24. The first-order chi connectivity index (χ1) is 11.6. The van der Waals surface area contributed by atoms with Gasteiger partial charge in [0.1, 0.15) is 13.7 Å². The molecule has 0 bridgehead atoms. The molecule has 1 aliphatic carbocycles. The molecule has 0 spiro atoms. The second-order valence-electron chi connectivity index (χ2n) is 6.24. The summed E-state index contributed by atoms with van der Waals surface area (Å²) in [5.41, 5.74) is 6.44. The summed E-state index contributed by atoms with van der Waals surface area (Å²) in [5, 5.41) is 2.89. The molecular formula is C18H29N2O4+. The van der Waals surface area contributed by atoms with Crippen LogP contribution in [-0.4, -0.2) is 44.2 Å². The molecule has 2 amide bonds. The second kappa shape index (κ2) is 9.37. The van der Waals surface area contributed by atoms with E-state index in [1.54, 1.807) is 14.2 Å². The van der Waals surface area contributed by atoms with E-state index < -0.39 is 6.03 Å². The molecule has 2 rings (SSSR count). The zero-order valence-corrected chi connectivity index (χ0v) is 14.6. The highest BCUT2D eigenvalue weighted by atomic mass is 16.5. The van der Waals surface area contributed by atoms with Crippen LogP contribution in [0.4, 0.5) is 4.79 Å². The summed E-state index contributed by atoms with van der Waals surface area (Å²) < 4.78 is 15.3. The van der Waals surface area contributed by atoms with Crippen molar-refractivity contribution in [2.24, 2.45) is 11.7 Å². The number of nitrogens with one attached hydrogen (secondary N) is 1.